The van der Waals surface area contributed by atoms with Crippen LogP contribution in [0.25, 0.3) is 29.6 Å². The summed E-state index contributed by atoms with van der Waals surface area (Å²) in [6.07, 6.45) is 14.5. The SMILES string of the molecule is CCCCCCCCC(CCCCCC)COC(=O)c1sc2c(-c3ccc(Br)s3)sc(-c3ccc(Br)s3)c2c1F. The Labute approximate surface area is 270 Å². The number of halogens is 3. The molecule has 0 bridgehead atoms. The second kappa shape index (κ2) is 16.3. The third kappa shape index (κ3) is 8.50. The van der Waals surface area contributed by atoms with Gasteiger partial charge in [-0.3, -0.25) is 0 Å². The van der Waals surface area contributed by atoms with E-state index in [2.05, 4.69) is 51.8 Å². The van der Waals surface area contributed by atoms with Crippen molar-refractivity contribution in [2.24, 2.45) is 5.92 Å². The number of fused-ring (bicyclic) bond motifs is 1. The van der Waals surface area contributed by atoms with Crippen molar-refractivity contribution in [2.75, 3.05) is 6.61 Å². The highest BCUT2D eigenvalue weighted by atomic mass is 79.9. The second-order valence-electron chi connectivity index (χ2n) is 10.3. The number of hydrogen-bond donors (Lipinski definition) is 0. The first-order chi connectivity index (χ1) is 19.4. The molecule has 4 heterocycles. The van der Waals surface area contributed by atoms with Gasteiger partial charge < -0.3 is 4.74 Å². The summed E-state index contributed by atoms with van der Waals surface area (Å²) in [6, 6.07) is 8.05. The minimum absolute atomic E-state index is 0.0934. The Balaban J connectivity index is 1.51. The highest BCUT2D eigenvalue weighted by Crippen LogP contribution is 2.52. The van der Waals surface area contributed by atoms with Crippen molar-refractivity contribution >= 4 is 93.3 Å². The Morgan fingerprint density at radius 2 is 1.32 bits per heavy atom. The lowest BCUT2D eigenvalue weighted by atomic mass is 9.95. The Kier molecular flexibility index (Phi) is 13.2. The summed E-state index contributed by atoms with van der Waals surface area (Å²) < 4.78 is 24.7. The Hall–Kier alpha value is -0.580. The van der Waals surface area contributed by atoms with E-state index in [0.717, 1.165) is 51.0 Å². The molecule has 0 aromatic carbocycles. The maximum atomic E-state index is 16.0. The zero-order chi connectivity index (χ0) is 28.5. The number of ether oxygens (including phenoxy) is 1. The lowest BCUT2D eigenvalue weighted by Gasteiger charge is -2.17. The number of rotatable bonds is 17. The van der Waals surface area contributed by atoms with Gasteiger partial charge in [0.05, 0.1) is 28.6 Å². The van der Waals surface area contributed by atoms with Crippen molar-refractivity contribution in [2.45, 2.75) is 90.9 Å². The molecule has 40 heavy (non-hydrogen) atoms. The van der Waals surface area contributed by atoms with Gasteiger partial charge in [0.15, 0.2) is 5.82 Å². The van der Waals surface area contributed by atoms with Gasteiger partial charge in [0, 0.05) is 15.1 Å². The van der Waals surface area contributed by atoms with Crippen LogP contribution >= 0.6 is 77.2 Å². The van der Waals surface area contributed by atoms with Gasteiger partial charge >= 0.3 is 5.97 Å². The highest BCUT2D eigenvalue weighted by molar-refractivity contribution is 9.11. The lowest BCUT2D eigenvalue weighted by Crippen LogP contribution is -2.15. The van der Waals surface area contributed by atoms with E-state index >= 15 is 4.39 Å². The van der Waals surface area contributed by atoms with E-state index in [1.807, 2.05) is 18.2 Å². The average Bonchev–Trinajstić information content (AvgIpc) is 3.72. The van der Waals surface area contributed by atoms with Gasteiger partial charge in [0.25, 0.3) is 0 Å². The maximum Gasteiger partial charge on any atom is 0.351 e. The van der Waals surface area contributed by atoms with Crippen LogP contribution in [0.5, 0.6) is 0 Å². The molecule has 0 aliphatic heterocycles. The summed E-state index contributed by atoms with van der Waals surface area (Å²) in [5.74, 6) is -0.631. The molecular weight excluding hydrogens is 711 g/mol. The largest absolute Gasteiger partial charge is 0.461 e. The van der Waals surface area contributed by atoms with E-state index in [0.29, 0.717) is 17.9 Å². The molecule has 0 amide bonds. The smallest absolute Gasteiger partial charge is 0.351 e. The van der Waals surface area contributed by atoms with Crippen molar-refractivity contribution < 1.29 is 13.9 Å². The molecule has 0 spiro atoms. The Bertz CT molecular complexity index is 1370. The fourth-order valence-corrected chi connectivity index (χ4v) is 10.6. The van der Waals surface area contributed by atoms with Gasteiger partial charge in [-0.05, 0) is 74.9 Å². The normalized spacial score (nSPS) is 12.4. The summed E-state index contributed by atoms with van der Waals surface area (Å²) in [6.45, 7) is 4.84. The van der Waals surface area contributed by atoms with Crippen LogP contribution in [0.15, 0.2) is 31.8 Å². The number of carbonyl (C=O) groups is 1. The number of hydrogen-bond acceptors (Lipinski definition) is 6. The van der Waals surface area contributed by atoms with Crippen LogP contribution < -0.4 is 0 Å². The summed E-state index contributed by atoms with van der Waals surface area (Å²) in [5.41, 5.74) is 0. The van der Waals surface area contributed by atoms with E-state index in [4.69, 9.17) is 4.74 Å². The van der Waals surface area contributed by atoms with Crippen LogP contribution in [-0.2, 0) is 4.74 Å². The second-order valence-corrected chi connectivity index (χ2v) is 17.3. The number of carbonyl (C=O) groups excluding carboxylic acids is 1. The van der Waals surface area contributed by atoms with Gasteiger partial charge in [0.1, 0.15) is 4.88 Å². The molecule has 1 unspecified atom stereocenters. The third-order valence-corrected chi connectivity index (χ3v) is 13.2. The maximum absolute atomic E-state index is 16.0. The molecule has 4 aromatic rings. The van der Waals surface area contributed by atoms with Crippen LogP contribution in [0.2, 0.25) is 0 Å². The third-order valence-electron chi connectivity index (χ3n) is 7.15. The van der Waals surface area contributed by atoms with E-state index < -0.39 is 11.8 Å². The molecule has 4 aromatic heterocycles. The first kappa shape index (κ1) is 32.3. The summed E-state index contributed by atoms with van der Waals surface area (Å²) in [7, 11) is 0. The molecule has 0 aliphatic carbocycles. The lowest BCUT2D eigenvalue weighted by molar-refractivity contribution is 0.0423. The van der Waals surface area contributed by atoms with Crippen molar-refractivity contribution in [1.82, 2.24) is 0 Å². The van der Waals surface area contributed by atoms with Crippen molar-refractivity contribution in [3.05, 3.63) is 42.5 Å². The van der Waals surface area contributed by atoms with Crippen LogP contribution in [-0.4, -0.2) is 12.6 Å². The predicted octanol–water partition coefficient (Wildman–Crippen LogP) is 13.6. The first-order valence-corrected chi connectivity index (χ1v) is 19.2. The van der Waals surface area contributed by atoms with Crippen molar-refractivity contribution in [3.8, 4) is 19.5 Å². The standard InChI is InChI=1S/C31H37Br2FO2S4/c1-3-5-7-9-10-12-14-20(13-11-8-6-4-2)19-36-31(35)30-26(34)25-27(21-15-17-23(32)37-21)39-28(29(25)40-30)22-16-18-24(33)38-22/h15-18,20H,3-14,19H2,1-2H3. The van der Waals surface area contributed by atoms with Gasteiger partial charge in [-0.15, -0.1) is 45.3 Å². The van der Waals surface area contributed by atoms with Crippen LogP contribution in [0.1, 0.15) is 101 Å². The first-order valence-electron chi connectivity index (χ1n) is 14.4. The van der Waals surface area contributed by atoms with E-state index in [-0.39, 0.29) is 4.88 Å². The van der Waals surface area contributed by atoms with Gasteiger partial charge in [0.2, 0.25) is 0 Å². The average molecular weight is 749 g/mol. The van der Waals surface area contributed by atoms with E-state index in [9.17, 15) is 4.79 Å². The number of esters is 1. The minimum Gasteiger partial charge on any atom is -0.461 e. The number of thiophene rings is 4. The summed E-state index contributed by atoms with van der Waals surface area (Å²) in [5, 5.41) is 0.541. The minimum atomic E-state index is -0.526. The van der Waals surface area contributed by atoms with Crippen LogP contribution in [0, 0.1) is 11.7 Å². The van der Waals surface area contributed by atoms with Crippen molar-refractivity contribution in [3.63, 3.8) is 0 Å². The van der Waals surface area contributed by atoms with Crippen LogP contribution in [0.3, 0.4) is 0 Å². The van der Waals surface area contributed by atoms with Gasteiger partial charge in [-0.1, -0.05) is 78.1 Å². The summed E-state index contributed by atoms with van der Waals surface area (Å²) in [4.78, 5) is 17.3. The molecule has 0 saturated carbocycles. The quantitative estimate of drug-likeness (QED) is 0.0794. The molecule has 218 valence electrons. The molecule has 0 radical (unpaired) electrons. The molecule has 1 atom stereocenters. The van der Waals surface area contributed by atoms with E-state index in [1.54, 1.807) is 34.0 Å². The molecular formula is C31H37Br2FO2S4. The fourth-order valence-electron chi connectivity index (χ4n) is 4.96. The molecule has 9 heteroatoms. The van der Waals surface area contributed by atoms with Crippen molar-refractivity contribution in [1.29, 1.82) is 0 Å². The molecule has 0 saturated heterocycles. The molecule has 0 fully saturated rings. The Morgan fingerprint density at radius 1 is 0.775 bits per heavy atom. The molecule has 0 N–H and O–H groups in total. The summed E-state index contributed by atoms with van der Waals surface area (Å²) >= 11 is 13.1. The molecule has 0 aliphatic rings. The zero-order valence-corrected chi connectivity index (χ0v) is 29.6. The molecule has 4 rings (SSSR count). The Morgan fingerprint density at radius 3 is 1.90 bits per heavy atom. The highest BCUT2D eigenvalue weighted by Gasteiger charge is 2.28. The predicted molar refractivity (Wildman–Crippen MR) is 182 cm³/mol. The topological polar surface area (TPSA) is 26.3 Å². The monoisotopic (exact) mass is 746 g/mol. The fraction of sp³-hybridized carbons (Fsp3) is 0.516. The van der Waals surface area contributed by atoms with E-state index in [1.165, 1.54) is 69.1 Å². The molecule has 2 nitrogen and oxygen atoms in total. The van der Waals surface area contributed by atoms with Gasteiger partial charge in [-0.25, -0.2) is 9.18 Å². The van der Waals surface area contributed by atoms with Crippen LogP contribution in [0.4, 0.5) is 4.39 Å². The van der Waals surface area contributed by atoms with Gasteiger partial charge in [-0.2, -0.15) is 0 Å². The zero-order valence-electron chi connectivity index (χ0n) is 23.2. The number of unbranched alkanes of at least 4 members (excludes halogenated alkanes) is 8.